The van der Waals surface area contributed by atoms with E-state index in [1.54, 1.807) is 36.2 Å². The number of pyridine rings is 1. The second kappa shape index (κ2) is 7.31. The van der Waals surface area contributed by atoms with Crippen molar-refractivity contribution < 1.29 is 9.30 Å². The summed E-state index contributed by atoms with van der Waals surface area (Å²) in [6.45, 7) is 0.558. The summed E-state index contributed by atoms with van der Waals surface area (Å²) in [5, 5.41) is 13.2. The highest BCUT2D eigenvalue weighted by molar-refractivity contribution is 6.30. The molecule has 0 amide bonds. The number of aryl methyl sites for hydroxylation is 1. The highest BCUT2D eigenvalue weighted by atomic mass is 35.5. The van der Waals surface area contributed by atoms with E-state index < -0.39 is 0 Å². The SMILES string of the molecule is COc1ccc(Cl)cc1N=Nc1cnn(Cc2cc[n+](C)cc2)c1N. The number of halogens is 1. The van der Waals surface area contributed by atoms with Crippen LogP contribution in [0.1, 0.15) is 5.56 Å². The number of nitrogens with zero attached hydrogens (tertiary/aromatic N) is 5. The lowest BCUT2D eigenvalue weighted by Crippen LogP contribution is -2.26. The number of anilines is 1. The summed E-state index contributed by atoms with van der Waals surface area (Å²) in [5.74, 6) is 1.02. The first-order valence-electron chi connectivity index (χ1n) is 7.57. The largest absolute Gasteiger partial charge is 0.494 e. The predicted molar refractivity (Wildman–Crippen MR) is 95.5 cm³/mol. The fourth-order valence-electron chi connectivity index (χ4n) is 2.25. The second-order valence-corrected chi connectivity index (χ2v) is 5.90. The molecule has 2 heterocycles. The summed E-state index contributed by atoms with van der Waals surface area (Å²) in [6, 6.07) is 9.16. The average molecular weight is 358 g/mol. The van der Waals surface area contributed by atoms with Crippen molar-refractivity contribution in [2.24, 2.45) is 17.3 Å². The van der Waals surface area contributed by atoms with Crippen molar-refractivity contribution in [3.05, 3.63) is 59.5 Å². The predicted octanol–water partition coefficient (Wildman–Crippen LogP) is 3.42. The maximum absolute atomic E-state index is 6.13. The highest BCUT2D eigenvalue weighted by Crippen LogP contribution is 2.32. The molecule has 0 saturated carbocycles. The quantitative estimate of drug-likeness (QED) is 0.561. The van der Waals surface area contributed by atoms with Gasteiger partial charge in [0.05, 0.1) is 19.9 Å². The summed E-state index contributed by atoms with van der Waals surface area (Å²) in [5.41, 5.74) is 8.24. The molecule has 2 N–H and O–H groups in total. The van der Waals surface area contributed by atoms with Crippen LogP contribution in [0.25, 0.3) is 0 Å². The fraction of sp³-hybridized carbons (Fsp3) is 0.176. The third-order valence-corrected chi connectivity index (χ3v) is 3.88. The minimum Gasteiger partial charge on any atom is -0.494 e. The summed E-state index contributed by atoms with van der Waals surface area (Å²) in [4.78, 5) is 0. The van der Waals surface area contributed by atoms with E-state index in [1.165, 1.54) is 0 Å². The van der Waals surface area contributed by atoms with Gasteiger partial charge in [0.15, 0.2) is 12.4 Å². The number of azo groups is 1. The number of benzene rings is 1. The molecular formula is C17H18ClN6O+. The van der Waals surface area contributed by atoms with Crippen LogP contribution in [0.3, 0.4) is 0 Å². The van der Waals surface area contributed by atoms with Crippen LogP contribution in [0, 0.1) is 0 Å². The van der Waals surface area contributed by atoms with E-state index in [0.29, 0.717) is 34.5 Å². The van der Waals surface area contributed by atoms with Gasteiger partial charge in [-0.15, -0.1) is 10.2 Å². The number of hydrogen-bond donors (Lipinski definition) is 1. The Morgan fingerprint density at radius 3 is 2.64 bits per heavy atom. The van der Waals surface area contributed by atoms with Crippen LogP contribution in [0.4, 0.5) is 17.2 Å². The topological polar surface area (TPSA) is 81.7 Å². The minimum absolute atomic E-state index is 0.443. The first kappa shape index (κ1) is 16.9. The monoisotopic (exact) mass is 357 g/mol. The van der Waals surface area contributed by atoms with Crippen molar-refractivity contribution in [3.63, 3.8) is 0 Å². The number of ether oxygens (including phenoxy) is 1. The van der Waals surface area contributed by atoms with Crippen LogP contribution in [-0.4, -0.2) is 16.9 Å². The maximum atomic E-state index is 6.13. The third-order valence-electron chi connectivity index (χ3n) is 3.65. The van der Waals surface area contributed by atoms with E-state index in [1.807, 2.05) is 36.1 Å². The van der Waals surface area contributed by atoms with E-state index >= 15 is 0 Å². The van der Waals surface area contributed by atoms with Gasteiger partial charge in [0, 0.05) is 17.2 Å². The molecule has 0 atom stereocenters. The Morgan fingerprint density at radius 1 is 1.20 bits per heavy atom. The smallest absolute Gasteiger partial charge is 0.168 e. The van der Waals surface area contributed by atoms with Crippen molar-refractivity contribution in [2.45, 2.75) is 6.54 Å². The van der Waals surface area contributed by atoms with Gasteiger partial charge in [0.25, 0.3) is 0 Å². The first-order valence-corrected chi connectivity index (χ1v) is 7.95. The van der Waals surface area contributed by atoms with Crippen LogP contribution in [0.5, 0.6) is 5.75 Å². The molecule has 128 valence electrons. The normalized spacial score (nSPS) is 11.2. The molecule has 0 bridgehead atoms. The van der Waals surface area contributed by atoms with Gasteiger partial charge >= 0.3 is 0 Å². The van der Waals surface area contributed by atoms with Crippen molar-refractivity contribution >= 4 is 28.8 Å². The molecule has 0 saturated heterocycles. The molecule has 0 aliphatic rings. The van der Waals surface area contributed by atoms with Gasteiger partial charge in [0.2, 0.25) is 0 Å². The zero-order valence-electron chi connectivity index (χ0n) is 13.9. The maximum Gasteiger partial charge on any atom is 0.168 e. The van der Waals surface area contributed by atoms with Crippen molar-refractivity contribution in [3.8, 4) is 5.75 Å². The lowest BCUT2D eigenvalue weighted by atomic mass is 10.3. The number of nitrogens with two attached hydrogens (primary N) is 1. The summed E-state index contributed by atoms with van der Waals surface area (Å²) >= 11 is 5.99. The van der Waals surface area contributed by atoms with Crippen LogP contribution in [0.15, 0.2) is 59.2 Å². The Kier molecular flexibility index (Phi) is 4.95. The zero-order valence-corrected chi connectivity index (χ0v) is 14.7. The summed E-state index contributed by atoms with van der Waals surface area (Å²) in [7, 11) is 3.53. The lowest BCUT2D eigenvalue weighted by Gasteiger charge is -2.04. The van der Waals surface area contributed by atoms with E-state index in [0.717, 1.165) is 5.56 Å². The van der Waals surface area contributed by atoms with Crippen LogP contribution in [-0.2, 0) is 13.6 Å². The Morgan fingerprint density at radius 2 is 1.92 bits per heavy atom. The van der Waals surface area contributed by atoms with Gasteiger partial charge < -0.3 is 10.5 Å². The van der Waals surface area contributed by atoms with Crippen LogP contribution >= 0.6 is 11.6 Å². The highest BCUT2D eigenvalue weighted by Gasteiger charge is 2.09. The summed E-state index contributed by atoms with van der Waals surface area (Å²) < 4.78 is 8.89. The molecule has 25 heavy (non-hydrogen) atoms. The van der Waals surface area contributed by atoms with Crippen LogP contribution in [0.2, 0.25) is 5.02 Å². The molecule has 1 aromatic carbocycles. The average Bonchev–Trinajstić information content (AvgIpc) is 2.95. The van der Waals surface area contributed by atoms with Crippen LogP contribution < -0.4 is 15.0 Å². The van der Waals surface area contributed by atoms with E-state index in [-0.39, 0.29) is 0 Å². The molecule has 8 heteroatoms. The molecular weight excluding hydrogens is 340 g/mol. The Labute approximate surface area is 150 Å². The van der Waals surface area contributed by atoms with Crippen molar-refractivity contribution in [2.75, 3.05) is 12.8 Å². The lowest BCUT2D eigenvalue weighted by molar-refractivity contribution is -0.671. The van der Waals surface area contributed by atoms with E-state index in [2.05, 4.69) is 15.3 Å². The van der Waals surface area contributed by atoms with Gasteiger partial charge in [-0.2, -0.15) is 5.10 Å². The zero-order chi connectivity index (χ0) is 17.8. The number of rotatable bonds is 5. The van der Waals surface area contributed by atoms with Gasteiger partial charge in [-0.25, -0.2) is 9.25 Å². The molecule has 3 rings (SSSR count). The Hall–Kier alpha value is -2.93. The van der Waals surface area contributed by atoms with Crippen molar-refractivity contribution in [1.82, 2.24) is 9.78 Å². The number of methoxy groups -OCH3 is 1. The molecule has 0 unspecified atom stereocenters. The second-order valence-electron chi connectivity index (χ2n) is 5.46. The van der Waals surface area contributed by atoms with Gasteiger partial charge in [-0.05, 0) is 23.8 Å². The molecule has 3 aromatic rings. The van der Waals surface area contributed by atoms with Crippen molar-refractivity contribution in [1.29, 1.82) is 0 Å². The molecule has 0 aliphatic heterocycles. The standard InChI is InChI=1S/C17H18ClN6O/c1-23-7-5-12(6-8-23)11-24-17(19)15(10-20-24)22-21-14-9-13(18)3-4-16(14)25-2/h3-10H,11,19H2,1-2H3/q+1. The van der Waals surface area contributed by atoms with E-state index in [9.17, 15) is 0 Å². The molecule has 0 fully saturated rings. The Bertz CT molecular complexity index is 904. The first-order chi connectivity index (χ1) is 12.1. The molecule has 7 nitrogen and oxygen atoms in total. The minimum atomic E-state index is 0.443. The fourth-order valence-corrected chi connectivity index (χ4v) is 2.41. The number of hydrogen-bond acceptors (Lipinski definition) is 5. The van der Waals surface area contributed by atoms with E-state index in [4.69, 9.17) is 22.1 Å². The third kappa shape index (κ3) is 3.95. The molecule has 0 spiro atoms. The van der Waals surface area contributed by atoms with Gasteiger partial charge in [-0.3, -0.25) is 0 Å². The number of aromatic nitrogens is 3. The summed E-state index contributed by atoms with van der Waals surface area (Å²) in [6.07, 6.45) is 5.53. The Balaban J connectivity index is 1.81. The molecule has 2 aromatic heterocycles. The van der Waals surface area contributed by atoms with Gasteiger partial charge in [-0.1, -0.05) is 11.6 Å². The van der Waals surface area contributed by atoms with Gasteiger partial charge in [0.1, 0.15) is 30.0 Å². The molecule has 0 radical (unpaired) electrons. The molecule has 0 aliphatic carbocycles. The number of nitrogen functional groups attached to an aromatic ring is 1.